The number of fused-ring (bicyclic) bond motifs is 2. The molecule has 1 aliphatic heterocycles. The van der Waals surface area contributed by atoms with Crippen LogP contribution in [0.5, 0.6) is 0 Å². The molecule has 5 heteroatoms. The number of carbonyl (C=O) groups is 1. The molecule has 1 aliphatic rings. The summed E-state index contributed by atoms with van der Waals surface area (Å²) in [5, 5.41) is 10.9. The number of hydrogen-bond donors (Lipinski definition) is 2. The summed E-state index contributed by atoms with van der Waals surface area (Å²) in [6.45, 7) is 1.41. The van der Waals surface area contributed by atoms with Gasteiger partial charge in [-0.05, 0) is 35.7 Å². The molecule has 4 nitrogen and oxygen atoms in total. The van der Waals surface area contributed by atoms with Gasteiger partial charge in [0, 0.05) is 40.2 Å². The molecular formula is C19H17BrN2O2. The maximum atomic E-state index is 12.1. The highest BCUT2D eigenvalue weighted by molar-refractivity contribution is 9.10. The highest BCUT2D eigenvalue weighted by Crippen LogP contribution is 2.33. The number of H-pyrrole nitrogens is 1. The van der Waals surface area contributed by atoms with Crippen LogP contribution in [-0.2, 0) is 17.8 Å². The van der Waals surface area contributed by atoms with Gasteiger partial charge in [0.1, 0.15) is 6.04 Å². The van der Waals surface area contributed by atoms with Crippen LogP contribution < -0.4 is 0 Å². The molecule has 1 atom stereocenters. The molecule has 0 spiro atoms. The molecule has 0 saturated heterocycles. The lowest BCUT2D eigenvalue weighted by Gasteiger charge is -2.33. The molecule has 24 heavy (non-hydrogen) atoms. The molecule has 1 aromatic heterocycles. The Morgan fingerprint density at radius 3 is 2.79 bits per heavy atom. The molecule has 0 unspecified atom stereocenters. The number of benzene rings is 2. The number of rotatable bonds is 3. The number of aromatic amines is 1. The van der Waals surface area contributed by atoms with Crippen molar-refractivity contribution in [1.82, 2.24) is 9.88 Å². The minimum atomic E-state index is -0.810. The van der Waals surface area contributed by atoms with Gasteiger partial charge in [0.25, 0.3) is 0 Å². The summed E-state index contributed by atoms with van der Waals surface area (Å²) in [5.74, 6) is -0.810. The predicted molar refractivity (Wildman–Crippen MR) is 96.9 cm³/mol. The highest BCUT2D eigenvalue weighted by atomic mass is 79.9. The topological polar surface area (TPSA) is 56.3 Å². The molecule has 0 aliphatic carbocycles. The van der Waals surface area contributed by atoms with Crippen molar-refractivity contribution in [2.45, 2.75) is 19.0 Å². The van der Waals surface area contributed by atoms with E-state index in [4.69, 9.17) is 0 Å². The maximum Gasteiger partial charge on any atom is 0.325 e. The summed E-state index contributed by atoms with van der Waals surface area (Å²) in [4.78, 5) is 17.3. The summed E-state index contributed by atoms with van der Waals surface area (Å²) in [7, 11) is 0. The molecular weight excluding hydrogens is 368 g/mol. The number of carboxylic acids is 1. The summed E-state index contributed by atoms with van der Waals surface area (Å²) in [6, 6.07) is 13.5. The predicted octanol–water partition coefficient (Wildman–Crippen LogP) is 4.11. The van der Waals surface area contributed by atoms with Gasteiger partial charge in [0.2, 0.25) is 0 Å². The number of nitrogens with one attached hydrogen (secondary N) is 1. The zero-order valence-corrected chi connectivity index (χ0v) is 14.6. The lowest BCUT2D eigenvalue weighted by molar-refractivity contribution is -0.144. The van der Waals surface area contributed by atoms with E-state index in [1.807, 2.05) is 41.4 Å². The smallest absolute Gasteiger partial charge is 0.325 e. The average Bonchev–Trinajstić information content (AvgIpc) is 2.97. The van der Waals surface area contributed by atoms with Crippen LogP contribution in [0.15, 0.2) is 53.1 Å². The molecule has 122 valence electrons. The number of nitrogens with zero attached hydrogens (tertiary/aromatic N) is 1. The molecule has 3 aromatic rings. The minimum Gasteiger partial charge on any atom is -0.480 e. The van der Waals surface area contributed by atoms with E-state index in [-0.39, 0.29) is 0 Å². The van der Waals surface area contributed by atoms with Gasteiger partial charge >= 0.3 is 5.97 Å². The van der Waals surface area contributed by atoms with Crippen LogP contribution in [0.4, 0.5) is 0 Å². The van der Waals surface area contributed by atoms with Crippen molar-refractivity contribution in [3.05, 3.63) is 69.8 Å². The Morgan fingerprint density at radius 2 is 2.00 bits per heavy atom. The van der Waals surface area contributed by atoms with E-state index < -0.39 is 12.0 Å². The molecule has 0 fully saturated rings. The molecule has 4 rings (SSSR count). The molecule has 2 N–H and O–H groups in total. The molecule has 0 saturated carbocycles. The van der Waals surface area contributed by atoms with Gasteiger partial charge < -0.3 is 10.1 Å². The number of aromatic nitrogens is 1. The van der Waals surface area contributed by atoms with E-state index in [0.29, 0.717) is 6.54 Å². The Bertz CT molecular complexity index is 919. The Balaban J connectivity index is 1.75. The van der Waals surface area contributed by atoms with E-state index in [0.717, 1.165) is 33.9 Å². The average molecular weight is 385 g/mol. The minimum absolute atomic E-state index is 0.651. The fourth-order valence-corrected chi connectivity index (χ4v) is 3.93. The summed E-state index contributed by atoms with van der Waals surface area (Å²) >= 11 is 3.48. The van der Waals surface area contributed by atoms with Crippen molar-refractivity contribution >= 4 is 32.8 Å². The fraction of sp³-hybridized carbons (Fsp3) is 0.211. The SMILES string of the molecule is O=C(O)[C@@H](c1c[nH]c2ccc(Br)cc12)N1CCc2ccccc2C1. The monoisotopic (exact) mass is 384 g/mol. The summed E-state index contributed by atoms with van der Waals surface area (Å²) < 4.78 is 0.948. The number of halogens is 1. The van der Waals surface area contributed by atoms with Crippen LogP contribution in [0, 0.1) is 0 Å². The standard InChI is InChI=1S/C19H17BrN2O2/c20-14-5-6-17-15(9-14)16(10-21-17)18(19(23)24)22-8-7-12-3-1-2-4-13(12)11-22/h1-6,9-10,18,21H,7-8,11H2,(H,23,24)/t18-/m1/s1. The summed E-state index contributed by atoms with van der Waals surface area (Å²) in [5.41, 5.74) is 4.31. The zero-order valence-electron chi connectivity index (χ0n) is 13.0. The third-order valence-electron chi connectivity index (χ3n) is 4.73. The Labute approximate surface area is 148 Å². The number of carboxylic acid groups (broad SMARTS) is 1. The molecule has 0 radical (unpaired) electrons. The lowest BCUT2D eigenvalue weighted by Crippen LogP contribution is -2.38. The normalized spacial score (nSPS) is 16.0. The first kappa shape index (κ1) is 15.4. The van der Waals surface area contributed by atoms with Gasteiger partial charge in [-0.25, -0.2) is 0 Å². The molecule has 0 bridgehead atoms. The van der Waals surface area contributed by atoms with Gasteiger partial charge in [-0.2, -0.15) is 0 Å². The second-order valence-electron chi connectivity index (χ2n) is 6.16. The number of hydrogen-bond acceptors (Lipinski definition) is 2. The largest absolute Gasteiger partial charge is 0.480 e. The summed E-state index contributed by atoms with van der Waals surface area (Å²) in [6.07, 6.45) is 2.71. The Morgan fingerprint density at radius 1 is 1.21 bits per heavy atom. The highest BCUT2D eigenvalue weighted by Gasteiger charge is 2.31. The van der Waals surface area contributed by atoms with Gasteiger partial charge in [-0.15, -0.1) is 0 Å². The van der Waals surface area contributed by atoms with Crippen LogP contribution in [0.25, 0.3) is 10.9 Å². The van der Waals surface area contributed by atoms with Crippen molar-refractivity contribution in [2.75, 3.05) is 6.54 Å². The van der Waals surface area contributed by atoms with Crippen molar-refractivity contribution in [1.29, 1.82) is 0 Å². The van der Waals surface area contributed by atoms with E-state index >= 15 is 0 Å². The van der Waals surface area contributed by atoms with Gasteiger partial charge in [0.15, 0.2) is 0 Å². The number of aliphatic carboxylic acids is 1. The zero-order chi connectivity index (χ0) is 16.7. The fourth-order valence-electron chi connectivity index (χ4n) is 3.56. The quantitative estimate of drug-likeness (QED) is 0.714. The molecule has 2 heterocycles. The Hall–Kier alpha value is -2.11. The van der Waals surface area contributed by atoms with Gasteiger partial charge in [-0.1, -0.05) is 40.2 Å². The van der Waals surface area contributed by atoms with E-state index in [9.17, 15) is 9.90 Å². The third kappa shape index (κ3) is 2.64. The van der Waals surface area contributed by atoms with E-state index in [1.165, 1.54) is 11.1 Å². The lowest BCUT2D eigenvalue weighted by atomic mass is 9.96. The van der Waals surface area contributed by atoms with Crippen molar-refractivity contribution in [3.8, 4) is 0 Å². The van der Waals surface area contributed by atoms with Crippen molar-refractivity contribution in [2.24, 2.45) is 0 Å². The second-order valence-corrected chi connectivity index (χ2v) is 7.08. The first-order valence-corrected chi connectivity index (χ1v) is 8.73. The second kappa shape index (κ2) is 6.07. The van der Waals surface area contributed by atoms with Crippen LogP contribution >= 0.6 is 15.9 Å². The van der Waals surface area contributed by atoms with Crippen LogP contribution in [0.3, 0.4) is 0 Å². The first-order chi connectivity index (χ1) is 11.6. The first-order valence-electron chi connectivity index (χ1n) is 7.93. The third-order valence-corrected chi connectivity index (χ3v) is 5.22. The molecule has 2 aromatic carbocycles. The van der Waals surface area contributed by atoms with Crippen LogP contribution in [0.2, 0.25) is 0 Å². The van der Waals surface area contributed by atoms with E-state index in [1.54, 1.807) is 0 Å². The van der Waals surface area contributed by atoms with Gasteiger partial charge in [0.05, 0.1) is 0 Å². The Kier molecular flexibility index (Phi) is 3.90. The van der Waals surface area contributed by atoms with Crippen molar-refractivity contribution < 1.29 is 9.90 Å². The van der Waals surface area contributed by atoms with Gasteiger partial charge in [-0.3, -0.25) is 9.69 Å². The van der Waals surface area contributed by atoms with Crippen LogP contribution in [0.1, 0.15) is 22.7 Å². The van der Waals surface area contributed by atoms with Crippen molar-refractivity contribution in [3.63, 3.8) is 0 Å². The maximum absolute atomic E-state index is 12.1. The van der Waals surface area contributed by atoms with Crippen LogP contribution in [-0.4, -0.2) is 27.5 Å². The molecule has 0 amide bonds. The van der Waals surface area contributed by atoms with E-state index in [2.05, 4.69) is 33.0 Å².